The van der Waals surface area contributed by atoms with Gasteiger partial charge < -0.3 is 0 Å². The molecular formula is C15H10F4N2O2. The van der Waals surface area contributed by atoms with Crippen LogP contribution in [0.2, 0.25) is 0 Å². The molecule has 0 fully saturated rings. The zero-order chi connectivity index (χ0) is 17.0. The van der Waals surface area contributed by atoms with E-state index in [0.717, 1.165) is 24.3 Å². The molecule has 120 valence electrons. The molecule has 0 aliphatic carbocycles. The fourth-order valence-corrected chi connectivity index (χ4v) is 1.85. The van der Waals surface area contributed by atoms with Crippen LogP contribution < -0.4 is 0 Å². The number of nitro benzene ring substituents is 1. The van der Waals surface area contributed by atoms with Gasteiger partial charge in [-0.15, -0.1) is 0 Å². The smallest absolute Gasteiger partial charge is 0.275 e. The highest BCUT2D eigenvalue weighted by atomic mass is 19.4. The van der Waals surface area contributed by atoms with Crippen LogP contribution in [0.1, 0.15) is 11.1 Å². The molecule has 0 saturated heterocycles. The molecule has 4 nitrogen and oxygen atoms in total. The fraction of sp³-hybridized carbons (Fsp3) is 0.133. The number of nitrogens with zero attached hydrogens (tertiary/aromatic N) is 2. The summed E-state index contributed by atoms with van der Waals surface area (Å²) >= 11 is 0. The molecule has 0 aliphatic heterocycles. The minimum atomic E-state index is -4.70. The molecule has 0 atom stereocenters. The van der Waals surface area contributed by atoms with Crippen LogP contribution in [0.3, 0.4) is 0 Å². The van der Waals surface area contributed by atoms with Gasteiger partial charge in [0.2, 0.25) is 0 Å². The van der Waals surface area contributed by atoms with Crippen LogP contribution in [0.5, 0.6) is 0 Å². The van der Waals surface area contributed by atoms with E-state index in [-0.39, 0.29) is 17.8 Å². The SMILES string of the molecule is O=[N+]([O-])c1ccc(C/N=C(\c2ccc(F)cc2)C(F)(F)F)cc1. The summed E-state index contributed by atoms with van der Waals surface area (Å²) in [5.74, 6) is -0.648. The molecule has 0 aliphatic rings. The predicted molar refractivity (Wildman–Crippen MR) is 75.8 cm³/mol. The number of aliphatic imine (C=N–C) groups is 1. The lowest BCUT2D eigenvalue weighted by Crippen LogP contribution is -2.24. The standard InChI is InChI=1S/C15H10F4N2O2/c16-12-5-3-11(4-6-12)14(15(17,18)19)20-9-10-1-7-13(8-2-10)21(22)23/h1-8H,9H2/b20-14+. The summed E-state index contributed by atoms with van der Waals surface area (Å²) < 4.78 is 52.0. The largest absolute Gasteiger partial charge is 0.433 e. The highest BCUT2D eigenvalue weighted by Crippen LogP contribution is 2.24. The maximum Gasteiger partial charge on any atom is 0.433 e. The van der Waals surface area contributed by atoms with E-state index in [4.69, 9.17) is 0 Å². The number of rotatable bonds is 4. The van der Waals surface area contributed by atoms with Crippen molar-refractivity contribution in [3.8, 4) is 0 Å². The molecule has 2 aromatic carbocycles. The maximum absolute atomic E-state index is 13.1. The van der Waals surface area contributed by atoms with Crippen molar-refractivity contribution >= 4 is 11.4 Å². The topological polar surface area (TPSA) is 55.5 Å². The van der Waals surface area contributed by atoms with E-state index in [1.807, 2.05) is 0 Å². The summed E-state index contributed by atoms with van der Waals surface area (Å²) in [5, 5.41) is 10.5. The van der Waals surface area contributed by atoms with Crippen LogP contribution in [0.15, 0.2) is 53.5 Å². The summed E-state index contributed by atoms with van der Waals surface area (Å²) in [6, 6.07) is 8.88. The fourth-order valence-electron chi connectivity index (χ4n) is 1.85. The first-order chi connectivity index (χ1) is 10.8. The number of alkyl halides is 3. The Morgan fingerprint density at radius 3 is 2.09 bits per heavy atom. The van der Waals surface area contributed by atoms with Crippen LogP contribution in [-0.2, 0) is 6.54 Å². The van der Waals surface area contributed by atoms with Crippen molar-refractivity contribution in [2.45, 2.75) is 12.7 Å². The first-order valence-corrected chi connectivity index (χ1v) is 6.38. The van der Waals surface area contributed by atoms with Gasteiger partial charge in [-0.05, 0) is 29.8 Å². The molecule has 0 amide bonds. The first kappa shape index (κ1) is 16.6. The van der Waals surface area contributed by atoms with Crippen LogP contribution in [0, 0.1) is 15.9 Å². The second-order valence-corrected chi connectivity index (χ2v) is 4.59. The molecular weight excluding hydrogens is 316 g/mol. The van der Waals surface area contributed by atoms with Crippen molar-refractivity contribution in [3.05, 3.63) is 75.6 Å². The summed E-state index contributed by atoms with van der Waals surface area (Å²) in [6.07, 6.45) is -4.70. The molecule has 2 aromatic rings. The lowest BCUT2D eigenvalue weighted by Gasteiger charge is -2.11. The molecule has 0 spiro atoms. The van der Waals surface area contributed by atoms with Gasteiger partial charge in [-0.1, -0.05) is 12.1 Å². The molecule has 0 radical (unpaired) electrons. The highest BCUT2D eigenvalue weighted by Gasteiger charge is 2.36. The summed E-state index contributed by atoms with van der Waals surface area (Å²) in [5.41, 5.74) is -1.15. The van der Waals surface area contributed by atoms with Gasteiger partial charge in [0.15, 0.2) is 0 Å². The molecule has 0 aromatic heterocycles. The normalized spacial score (nSPS) is 12.3. The second kappa shape index (κ2) is 6.55. The number of benzene rings is 2. The lowest BCUT2D eigenvalue weighted by molar-refractivity contribution is -0.384. The van der Waals surface area contributed by atoms with Crippen LogP contribution in [0.25, 0.3) is 0 Å². The maximum atomic E-state index is 13.1. The Balaban J connectivity index is 2.27. The molecule has 0 saturated carbocycles. The van der Waals surface area contributed by atoms with E-state index >= 15 is 0 Å². The van der Waals surface area contributed by atoms with E-state index in [1.54, 1.807) is 0 Å². The summed E-state index contributed by atoms with van der Waals surface area (Å²) in [6.45, 7) is -0.301. The van der Waals surface area contributed by atoms with Gasteiger partial charge >= 0.3 is 6.18 Å². The Labute approximate surface area is 128 Å². The van der Waals surface area contributed by atoms with E-state index in [1.165, 1.54) is 24.3 Å². The minimum absolute atomic E-state index is 0.160. The van der Waals surface area contributed by atoms with Gasteiger partial charge in [0.05, 0.1) is 11.5 Å². The van der Waals surface area contributed by atoms with Gasteiger partial charge in [-0.25, -0.2) is 4.39 Å². The Morgan fingerprint density at radius 1 is 1.04 bits per heavy atom. The number of hydrogen-bond donors (Lipinski definition) is 0. The van der Waals surface area contributed by atoms with Crippen molar-refractivity contribution in [2.75, 3.05) is 0 Å². The minimum Gasteiger partial charge on any atom is -0.275 e. The second-order valence-electron chi connectivity index (χ2n) is 4.59. The first-order valence-electron chi connectivity index (χ1n) is 6.38. The Hall–Kier alpha value is -2.77. The zero-order valence-electron chi connectivity index (χ0n) is 11.5. The zero-order valence-corrected chi connectivity index (χ0v) is 11.5. The number of nitro groups is 1. The quantitative estimate of drug-likeness (QED) is 0.364. The van der Waals surface area contributed by atoms with Crippen molar-refractivity contribution in [1.82, 2.24) is 0 Å². The van der Waals surface area contributed by atoms with Gasteiger partial charge in [-0.3, -0.25) is 15.1 Å². The Kier molecular flexibility index (Phi) is 4.73. The van der Waals surface area contributed by atoms with Gasteiger partial charge in [0.1, 0.15) is 11.5 Å². The van der Waals surface area contributed by atoms with E-state index in [0.29, 0.717) is 5.56 Å². The van der Waals surface area contributed by atoms with Crippen LogP contribution >= 0.6 is 0 Å². The van der Waals surface area contributed by atoms with Crippen molar-refractivity contribution in [2.24, 2.45) is 4.99 Å². The number of hydrogen-bond acceptors (Lipinski definition) is 3. The van der Waals surface area contributed by atoms with E-state index in [9.17, 15) is 27.7 Å². The lowest BCUT2D eigenvalue weighted by atomic mass is 10.1. The van der Waals surface area contributed by atoms with Gasteiger partial charge in [0, 0.05) is 17.7 Å². The molecule has 0 heterocycles. The third-order valence-electron chi connectivity index (χ3n) is 2.95. The average molecular weight is 326 g/mol. The average Bonchev–Trinajstić information content (AvgIpc) is 2.48. The Morgan fingerprint density at radius 2 is 1.61 bits per heavy atom. The van der Waals surface area contributed by atoms with E-state index < -0.39 is 22.6 Å². The third kappa shape index (κ3) is 4.35. The summed E-state index contributed by atoms with van der Waals surface area (Å²) in [4.78, 5) is 13.5. The van der Waals surface area contributed by atoms with E-state index in [2.05, 4.69) is 4.99 Å². The summed E-state index contributed by atoms with van der Waals surface area (Å²) in [7, 11) is 0. The molecule has 0 N–H and O–H groups in total. The number of halogens is 4. The molecule has 23 heavy (non-hydrogen) atoms. The molecule has 2 rings (SSSR count). The highest BCUT2D eigenvalue weighted by molar-refractivity contribution is 6.04. The molecule has 0 unspecified atom stereocenters. The van der Waals surface area contributed by atoms with Gasteiger partial charge in [0.25, 0.3) is 5.69 Å². The van der Waals surface area contributed by atoms with Crippen molar-refractivity contribution in [1.29, 1.82) is 0 Å². The molecule has 0 bridgehead atoms. The van der Waals surface area contributed by atoms with Crippen molar-refractivity contribution < 1.29 is 22.5 Å². The van der Waals surface area contributed by atoms with Gasteiger partial charge in [-0.2, -0.15) is 13.2 Å². The van der Waals surface area contributed by atoms with Crippen LogP contribution in [0.4, 0.5) is 23.2 Å². The molecule has 8 heteroatoms. The predicted octanol–water partition coefficient (Wildman–Crippen LogP) is 4.29. The van der Waals surface area contributed by atoms with Crippen molar-refractivity contribution in [3.63, 3.8) is 0 Å². The Bertz CT molecular complexity index is 723. The number of non-ortho nitro benzene ring substituents is 1. The third-order valence-corrected chi connectivity index (χ3v) is 2.95. The monoisotopic (exact) mass is 326 g/mol. The van der Waals surface area contributed by atoms with Crippen LogP contribution in [-0.4, -0.2) is 16.8 Å².